The van der Waals surface area contributed by atoms with Gasteiger partial charge in [-0.05, 0) is 48.4 Å². The fourth-order valence-electron chi connectivity index (χ4n) is 1.63. The Bertz CT molecular complexity index is 570. The van der Waals surface area contributed by atoms with Gasteiger partial charge in [0.25, 0.3) is 0 Å². The monoisotopic (exact) mass is 266 g/mol. The van der Waals surface area contributed by atoms with Crippen LogP contribution >= 0.6 is 11.6 Å². The van der Waals surface area contributed by atoms with Gasteiger partial charge >= 0.3 is 0 Å². The topological polar surface area (TPSA) is 29.5 Å². The highest BCUT2D eigenvalue weighted by molar-refractivity contribution is 6.30. The van der Waals surface area contributed by atoms with Crippen LogP contribution in [0.1, 0.15) is 11.1 Å². The molecule has 0 heterocycles. The van der Waals surface area contributed by atoms with E-state index in [0.717, 1.165) is 5.56 Å². The molecule has 0 bridgehead atoms. The largest absolute Gasteiger partial charge is 0.457 e. The highest BCUT2D eigenvalue weighted by Crippen LogP contribution is 2.28. The van der Waals surface area contributed by atoms with Crippen molar-refractivity contribution in [2.24, 2.45) is 0 Å². The summed E-state index contributed by atoms with van der Waals surface area (Å²) in [4.78, 5) is 0. The first-order valence-electron chi connectivity index (χ1n) is 5.43. The average Bonchev–Trinajstić information content (AvgIpc) is 2.32. The van der Waals surface area contributed by atoms with Crippen LogP contribution < -0.4 is 4.74 Å². The number of aryl methyl sites for hydroxylation is 1. The fraction of sp³-hybridized carbons (Fsp3) is 0.143. The van der Waals surface area contributed by atoms with Gasteiger partial charge in [-0.15, -0.1) is 0 Å². The summed E-state index contributed by atoms with van der Waals surface area (Å²) in [6.07, 6.45) is 0. The van der Waals surface area contributed by atoms with E-state index in [2.05, 4.69) is 0 Å². The van der Waals surface area contributed by atoms with E-state index in [0.29, 0.717) is 22.1 Å². The minimum atomic E-state index is -0.442. The molecule has 0 aliphatic heterocycles. The maximum absolute atomic E-state index is 13.3. The van der Waals surface area contributed by atoms with Crippen molar-refractivity contribution < 1.29 is 14.2 Å². The van der Waals surface area contributed by atoms with E-state index in [9.17, 15) is 4.39 Å². The van der Waals surface area contributed by atoms with Crippen molar-refractivity contribution in [1.82, 2.24) is 0 Å². The average molecular weight is 267 g/mol. The fourth-order valence-corrected chi connectivity index (χ4v) is 1.85. The van der Waals surface area contributed by atoms with Gasteiger partial charge in [-0.1, -0.05) is 11.6 Å². The number of aliphatic hydroxyl groups is 1. The van der Waals surface area contributed by atoms with Crippen LogP contribution in [-0.2, 0) is 6.61 Å². The van der Waals surface area contributed by atoms with Crippen LogP contribution in [0.15, 0.2) is 36.4 Å². The molecule has 18 heavy (non-hydrogen) atoms. The molecule has 0 unspecified atom stereocenters. The van der Waals surface area contributed by atoms with Crippen molar-refractivity contribution in [2.45, 2.75) is 13.5 Å². The molecule has 2 aromatic carbocycles. The number of hydrogen-bond donors (Lipinski definition) is 1. The number of aliphatic hydroxyl groups excluding tert-OH is 1. The number of rotatable bonds is 3. The number of ether oxygens (including phenoxy) is 1. The van der Waals surface area contributed by atoms with Crippen LogP contribution in [0.5, 0.6) is 11.5 Å². The molecule has 0 aliphatic carbocycles. The number of hydrogen-bond acceptors (Lipinski definition) is 2. The van der Waals surface area contributed by atoms with Crippen molar-refractivity contribution in [3.63, 3.8) is 0 Å². The third-order valence-corrected chi connectivity index (χ3v) is 2.71. The van der Waals surface area contributed by atoms with Gasteiger partial charge in [0.1, 0.15) is 17.3 Å². The van der Waals surface area contributed by atoms with Gasteiger partial charge in [-0.2, -0.15) is 0 Å². The summed E-state index contributed by atoms with van der Waals surface area (Å²) >= 11 is 5.84. The second-order valence-corrected chi connectivity index (χ2v) is 4.40. The van der Waals surface area contributed by atoms with Crippen LogP contribution in [-0.4, -0.2) is 5.11 Å². The SMILES string of the molecule is Cc1cc(Cl)ccc1Oc1cc(F)cc(CO)c1. The predicted octanol–water partition coefficient (Wildman–Crippen LogP) is 4.07. The Morgan fingerprint density at radius 2 is 2.00 bits per heavy atom. The van der Waals surface area contributed by atoms with Gasteiger partial charge in [-0.3, -0.25) is 0 Å². The van der Waals surface area contributed by atoms with E-state index in [1.807, 2.05) is 6.92 Å². The molecule has 0 saturated heterocycles. The molecule has 0 radical (unpaired) electrons. The zero-order valence-electron chi connectivity index (χ0n) is 9.78. The van der Waals surface area contributed by atoms with Gasteiger partial charge < -0.3 is 9.84 Å². The third kappa shape index (κ3) is 3.00. The molecule has 0 aromatic heterocycles. The van der Waals surface area contributed by atoms with E-state index in [1.54, 1.807) is 24.3 Å². The molecule has 2 aromatic rings. The second kappa shape index (κ2) is 5.38. The summed E-state index contributed by atoms with van der Waals surface area (Å²) in [5, 5.41) is 9.62. The summed E-state index contributed by atoms with van der Waals surface area (Å²) in [5.74, 6) is 0.515. The lowest BCUT2D eigenvalue weighted by atomic mass is 10.2. The molecule has 0 atom stereocenters. The second-order valence-electron chi connectivity index (χ2n) is 3.97. The standard InChI is InChI=1S/C14H12ClFO2/c1-9-4-11(15)2-3-14(9)18-13-6-10(8-17)5-12(16)7-13/h2-7,17H,8H2,1H3. The van der Waals surface area contributed by atoms with E-state index in [1.165, 1.54) is 12.1 Å². The smallest absolute Gasteiger partial charge is 0.130 e. The van der Waals surface area contributed by atoms with Crippen molar-refractivity contribution >= 4 is 11.6 Å². The Hall–Kier alpha value is -1.58. The molecule has 0 amide bonds. The maximum Gasteiger partial charge on any atom is 0.130 e. The number of benzene rings is 2. The molecule has 0 aliphatic rings. The van der Waals surface area contributed by atoms with Gasteiger partial charge in [-0.25, -0.2) is 4.39 Å². The summed E-state index contributed by atoms with van der Waals surface area (Å²) in [6.45, 7) is 1.63. The summed E-state index contributed by atoms with van der Waals surface area (Å²) < 4.78 is 18.8. The van der Waals surface area contributed by atoms with Crippen molar-refractivity contribution in [1.29, 1.82) is 0 Å². The van der Waals surface area contributed by atoms with Crippen LogP contribution in [0.25, 0.3) is 0 Å². The molecule has 1 N–H and O–H groups in total. The van der Waals surface area contributed by atoms with Crippen LogP contribution in [0.4, 0.5) is 4.39 Å². The molecule has 94 valence electrons. The highest BCUT2D eigenvalue weighted by atomic mass is 35.5. The number of halogens is 2. The highest BCUT2D eigenvalue weighted by Gasteiger charge is 2.05. The lowest BCUT2D eigenvalue weighted by molar-refractivity contribution is 0.280. The first-order chi connectivity index (χ1) is 8.58. The Morgan fingerprint density at radius 1 is 1.22 bits per heavy atom. The Morgan fingerprint density at radius 3 is 2.67 bits per heavy atom. The minimum Gasteiger partial charge on any atom is -0.457 e. The Kier molecular flexibility index (Phi) is 3.84. The van der Waals surface area contributed by atoms with Gasteiger partial charge in [0.15, 0.2) is 0 Å². The lowest BCUT2D eigenvalue weighted by Gasteiger charge is -2.10. The third-order valence-electron chi connectivity index (χ3n) is 2.48. The zero-order chi connectivity index (χ0) is 13.1. The lowest BCUT2D eigenvalue weighted by Crippen LogP contribution is -1.91. The molecular weight excluding hydrogens is 255 g/mol. The van der Waals surface area contributed by atoms with E-state index >= 15 is 0 Å². The molecule has 2 nitrogen and oxygen atoms in total. The Balaban J connectivity index is 2.30. The first kappa shape index (κ1) is 12.9. The van der Waals surface area contributed by atoms with Gasteiger partial charge in [0, 0.05) is 11.1 Å². The Labute approximate surface area is 110 Å². The molecule has 0 spiro atoms. The minimum absolute atomic E-state index is 0.228. The summed E-state index contributed by atoms with van der Waals surface area (Å²) in [5.41, 5.74) is 1.33. The van der Waals surface area contributed by atoms with Crippen molar-refractivity contribution in [3.8, 4) is 11.5 Å². The molecule has 2 rings (SSSR count). The first-order valence-corrected chi connectivity index (χ1v) is 5.80. The molecule has 0 fully saturated rings. The van der Waals surface area contributed by atoms with Crippen LogP contribution in [0.2, 0.25) is 5.02 Å². The van der Waals surface area contributed by atoms with Gasteiger partial charge in [0.2, 0.25) is 0 Å². The van der Waals surface area contributed by atoms with E-state index < -0.39 is 5.82 Å². The summed E-state index contributed by atoms with van der Waals surface area (Å²) in [7, 11) is 0. The van der Waals surface area contributed by atoms with E-state index in [-0.39, 0.29) is 6.61 Å². The zero-order valence-corrected chi connectivity index (χ0v) is 10.5. The van der Waals surface area contributed by atoms with Crippen molar-refractivity contribution in [3.05, 3.63) is 58.4 Å². The maximum atomic E-state index is 13.3. The van der Waals surface area contributed by atoms with Crippen LogP contribution in [0.3, 0.4) is 0 Å². The quantitative estimate of drug-likeness (QED) is 0.907. The normalized spacial score (nSPS) is 10.4. The van der Waals surface area contributed by atoms with Crippen molar-refractivity contribution in [2.75, 3.05) is 0 Å². The summed E-state index contributed by atoms with van der Waals surface area (Å²) in [6, 6.07) is 9.33. The van der Waals surface area contributed by atoms with E-state index in [4.69, 9.17) is 21.4 Å². The van der Waals surface area contributed by atoms with Crippen LogP contribution in [0, 0.1) is 12.7 Å². The molecule has 0 saturated carbocycles. The predicted molar refractivity (Wildman–Crippen MR) is 68.6 cm³/mol. The van der Waals surface area contributed by atoms with Gasteiger partial charge in [0.05, 0.1) is 6.61 Å². The molecular formula is C14H12ClFO2. The molecule has 4 heteroatoms.